The standard InChI is InChI=1S/C6H2N6O7/c7-9-8-4-2(10(14)15)1-3(11(16)17)6(13)5(4)12(18)19/h1,13H. The van der Waals surface area contributed by atoms with Crippen LogP contribution in [0, 0.1) is 30.3 Å². The Morgan fingerprint density at radius 1 is 1.11 bits per heavy atom. The highest BCUT2D eigenvalue weighted by Crippen LogP contribution is 2.48. The minimum atomic E-state index is -1.43. The van der Waals surface area contributed by atoms with Gasteiger partial charge >= 0.3 is 11.4 Å². The molecule has 0 spiro atoms. The second kappa shape index (κ2) is 4.80. The van der Waals surface area contributed by atoms with Crippen LogP contribution in [0.25, 0.3) is 10.4 Å². The molecule has 19 heavy (non-hydrogen) atoms. The third-order valence-electron chi connectivity index (χ3n) is 1.93. The van der Waals surface area contributed by atoms with Gasteiger partial charge in [-0.25, -0.2) is 0 Å². The largest absolute Gasteiger partial charge is 0.497 e. The summed E-state index contributed by atoms with van der Waals surface area (Å²) < 4.78 is 0. The first-order valence-electron chi connectivity index (χ1n) is 4.19. The van der Waals surface area contributed by atoms with Crippen LogP contribution in [0.1, 0.15) is 0 Å². The highest BCUT2D eigenvalue weighted by atomic mass is 16.6. The van der Waals surface area contributed by atoms with Crippen molar-refractivity contribution in [3.63, 3.8) is 0 Å². The highest BCUT2D eigenvalue weighted by Gasteiger charge is 2.36. The highest BCUT2D eigenvalue weighted by molar-refractivity contribution is 5.80. The van der Waals surface area contributed by atoms with Crippen LogP contribution in [0.2, 0.25) is 0 Å². The van der Waals surface area contributed by atoms with E-state index in [0.717, 1.165) is 0 Å². The summed E-state index contributed by atoms with van der Waals surface area (Å²) >= 11 is 0. The molecule has 0 aliphatic rings. The van der Waals surface area contributed by atoms with Gasteiger partial charge in [-0.05, 0) is 10.6 Å². The van der Waals surface area contributed by atoms with Gasteiger partial charge in [0.15, 0.2) is 5.69 Å². The van der Waals surface area contributed by atoms with Gasteiger partial charge in [-0.2, -0.15) is 0 Å². The molecule has 0 amide bonds. The molecule has 0 unspecified atom stereocenters. The fraction of sp³-hybridized carbons (Fsp3) is 0. The topological polar surface area (TPSA) is 198 Å². The van der Waals surface area contributed by atoms with Crippen molar-refractivity contribution >= 4 is 22.7 Å². The van der Waals surface area contributed by atoms with E-state index >= 15 is 0 Å². The van der Waals surface area contributed by atoms with Crippen molar-refractivity contribution in [3.05, 3.63) is 46.9 Å². The molecule has 1 rings (SSSR count). The van der Waals surface area contributed by atoms with Gasteiger partial charge in [0, 0.05) is 4.91 Å². The lowest BCUT2D eigenvalue weighted by Crippen LogP contribution is -1.98. The zero-order valence-electron chi connectivity index (χ0n) is 8.66. The van der Waals surface area contributed by atoms with Crippen molar-refractivity contribution < 1.29 is 19.9 Å². The number of phenolic OH excluding ortho intramolecular Hbond substituents is 1. The van der Waals surface area contributed by atoms with Gasteiger partial charge in [0.2, 0.25) is 0 Å². The summed E-state index contributed by atoms with van der Waals surface area (Å²) in [6.07, 6.45) is 0. The number of aromatic hydroxyl groups is 1. The Morgan fingerprint density at radius 2 is 1.63 bits per heavy atom. The van der Waals surface area contributed by atoms with Crippen LogP contribution in [0.5, 0.6) is 5.75 Å². The molecule has 13 nitrogen and oxygen atoms in total. The molecule has 0 heterocycles. The average molecular weight is 270 g/mol. The zero-order valence-corrected chi connectivity index (χ0v) is 8.66. The predicted molar refractivity (Wildman–Crippen MR) is 56.9 cm³/mol. The van der Waals surface area contributed by atoms with Crippen molar-refractivity contribution in [2.45, 2.75) is 0 Å². The third kappa shape index (κ3) is 2.29. The minimum absolute atomic E-state index is 0.270. The molecule has 0 atom stereocenters. The number of phenols is 1. The second-order valence-electron chi connectivity index (χ2n) is 2.92. The first-order chi connectivity index (χ1) is 8.81. The van der Waals surface area contributed by atoms with Gasteiger partial charge in [0.25, 0.3) is 11.4 Å². The monoisotopic (exact) mass is 270 g/mol. The molecule has 1 aromatic rings. The molecule has 0 aliphatic heterocycles. The summed E-state index contributed by atoms with van der Waals surface area (Å²) in [5.74, 6) is -1.43. The SMILES string of the molecule is [N-]=[N+]=Nc1c([N+](=O)[O-])cc([N+](=O)[O-])c(O)c1[N+](=O)[O-]. The summed E-state index contributed by atoms with van der Waals surface area (Å²) in [6.45, 7) is 0. The normalized spacial score (nSPS) is 9.47. The van der Waals surface area contributed by atoms with E-state index in [2.05, 4.69) is 10.0 Å². The van der Waals surface area contributed by atoms with E-state index in [9.17, 15) is 35.4 Å². The predicted octanol–water partition coefficient (Wildman–Crippen LogP) is 2.06. The van der Waals surface area contributed by atoms with Crippen LogP contribution >= 0.6 is 0 Å². The number of nitro groups is 3. The summed E-state index contributed by atoms with van der Waals surface area (Å²) in [6, 6.07) is 0.270. The summed E-state index contributed by atoms with van der Waals surface area (Å²) in [5.41, 5.74) is 3.29. The maximum absolute atomic E-state index is 10.7. The van der Waals surface area contributed by atoms with E-state index in [4.69, 9.17) is 5.53 Å². The number of nitrogens with zero attached hydrogens (tertiary/aromatic N) is 6. The van der Waals surface area contributed by atoms with E-state index in [1.54, 1.807) is 0 Å². The number of nitro benzene ring substituents is 3. The molecule has 0 bridgehead atoms. The maximum atomic E-state index is 10.7. The van der Waals surface area contributed by atoms with Crippen LogP contribution < -0.4 is 0 Å². The molecule has 0 radical (unpaired) electrons. The van der Waals surface area contributed by atoms with Gasteiger partial charge in [-0.3, -0.25) is 30.3 Å². The lowest BCUT2D eigenvalue weighted by molar-refractivity contribution is -0.403. The Bertz CT molecular complexity index is 648. The Morgan fingerprint density at radius 3 is 2.00 bits per heavy atom. The average Bonchev–Trinajstić information content (AvgIpc) is 2.27. The molecular weight excluding hydrogens is 268 g/mol. The van der Waals surface area contributed by atoms with E-state index in [1.807, 2.05) is 0 Å². The minimum Gasteiger partial charge on any atom is -0.497 e. The lowest BCUT2D eigenvalue weighted by Gasteiger charge is -2.01. The van der Waals surface area contributed by atoms with Gasteiger partial charge in [-0.1, -0.05) is 0 Å². The molecule has 0 saturated carbocycles. The molecule has 0 aliphatic carbocycles. The summed E-state index contributed by atoms with van der Waals surface area (Å²) in [5, 5.41) is 44.0. The molecule has 1 aromatic carbocycles. The third-order valence-corrected chi connectivity index (χ3v) is 1.93. The van der Waals surface area contributed by atoms with Crippen LogP contribution in [-0.2, 0) is 0 Å². The molecule has 98 valence electrons. The molecule has 13 heteroatoms. The van der Waals surface area contributed by atoms with E-state index in [0.29, 0.717) is 0 Å². The smallest absolute Gasteiger partial charge is 0.334 e. The van der Waals surface area contributed by atoms with Gasteiger partial charge < -0.3 is 5.11 Å². The quantitative estimate of drug-likeness (QED) is 0.283. The zero-order chi connectivity index (χ0) is 14.7. The van der Waals surface area contributed by atoms with Gasteiger partial charge in [0.1, 0.15) is 0 Å². The van der Waals surface area contributed by atoms with Crippen molar-refractivity contribution in [1.82, 2.24) is 0 Å². The van der Waals surface area contributed by atoms with Gasteiger partial charge in [-0.15, -0.1) is 0 Å². The van der Waals surface area contributed by atoms with Crippen LogP contribution in [0.15, 0.2) is 11.2 Å². The molecule has 0 aromatic heterocycles. The van der Waals surface area contributed by atoms with Crippen molar-refractivity contribution in [3.8, 4) is 5.75 Å². The van der Waals surface area contributed by atoms with Crippen LogP contribution in [-0.4, -0.2) is 19.9 Å². The number of azide groups is 1. The first-order valence-corrected chi connectivity index (χ1v) is 4.19. The van der Waals surface area contributed by atoms with Gasteiger partial charge in [0.05, 0.1) is 20.8 Å². The Hall–Kier alpha value is -3.47. The van der Waals surface area contributed by atoms with E-state index < -0.39 is 43.3 Å². The Balaban J connectivity index is 3.93. The lowest BCUT2D eigenvalue weighted by atomic mass is 10.2. The first kappa shape index (κ1) is 13.6. The second-order valence-corrected chi connectivity index (χ2v) is 2.92. The summed E-state index contributed by atoms with van der Waals surface area (Å²) in [4.78, 5) is 30.3. The Labute approximate surface area is 101 Å². The number of hydrogen-bond donors (Lipinski definition) is 1. The van der Waals surface area contributed by atoms with Crippen molar-refractivity contribution in [2.24, 2.45) is 5.11 Å². The maximum Gasteiger partial charge on any atom is 0.334 e. The number of rotatable bonds is 4. The van der Waals surface area contributed by atoms with E-state index in [-0.39, 0.29) is 6.07 Å². The van der Waals surface area contributed by atoms with E-state index in [1.165, 1.54) is 0 Å². The Kier molecular flexibility index (Phi) is 3.44. The molecule has 0 fully saturated rings. The van der Waals surface area contributed by atoms with Crippen LogP contribution in [0.4, 0.5) is 22.7 Å². The summed E-state index contributed by atoms with van der Waals surface area (Å²) in [7, 11) is 0. The fourth-order valence-electron chi connectivity index (χ4n) is 1.22. The van der Waals surface area contributed by atoms with Crippen molar-refractivity contribution in [1.29, 1.82) is 0 Å². The molecular formula is C6H2N6O7. The number of benzene rings is 1. The molecule has 0 saturated heterocycles. The van der Waals surface area contributed by atoms with Crippen LogP contribution in [0.3, 0.4) is 0 Å². The fourth-order valence-corrected chi connectivity index (χ4v) is 1.22. The number of hydrogen-bond acceptors (Lipinski definition) is 8. The molecule has 1 N–H and O–H groups in total. The van der Waals surface area contributed by atoms with Crippen molar-refractivity contribution in [2.75, 3.05) is 0 Å².